The van der Waals surface area contributed by atoms with Crippen LogP contribution >= 0.6 is 0 Å². The molecule has 0 aliphatic carbocycles. The number of carbonyl (C=O) groups excluding carboxylic acids is 2. The van der Waals surface area contributed by atoms with Crippen molar-refractivity contribution in [3.8, 4) is 17.2 Å². The van der Waals surface area contributed by atoms with Gasteiger partial charge in [-0.2, -0.15) is 0 Å². The molecule has 0 aromatic heterocycles. The molecule has 3 rings (SSSR count). The normalized spacial score (nSPS) is 15.8. The number of hydrogen-bond acceptors (Lipinski definition) is 6. The van der Waals surface area contributed by atoms with Crippen LogP contribution in [-0.4, -0.2) is 51.4 Å². The number of carbonyl (C=O) groups is 2. The maximum absolute atomic E-state index is 13.0. The predicted molar refractivity (Wildman–Crippen MR) is 119 cm³/mol. The Bertz CT molecular complexity index is 1030. The van der Waals surface area contributed by atoms with Gasteiger partial charge < -0.3 is 24.3 Å². The van der Waals surface area contributed by atoms with E-state index in [0.29, 0.717) is 34.1 Å². The number of likely N-dealkylation sites (N-methyl/N-ethyl adjacent to an activating group) is 1. The molecule has 0 fully saturated rings. The lowest BCUT2D eigenvalue weighted by molar-refractivity contribution is -0.139. The van der Waals surface area contributed by atoms with E-state index in [1.807, 2.05) is 31.2 Å². The van der Waals surface area contributed by atoms with Gasteiger partial charge in [0.05, 0.1) is 38.1 Å². The number of rotatable bonds is 8. The van der Waals surface area contributed by atoms with Crippen LogP contribution in [0.25, 0.3) is 0 Å². The van der Waals surface area contributed by atoms with Crippen molar-refractivity contribution in [2.75, 3.05) is 34.5 Å². The number of hydrogen-bond donors (Lipinski definition) is 1. The van der Waals surface area contributed by atoms with Crippen molar-refractivity contribution in [3.63, 3.8) is 0 Å². The molecular formula is C24H28N2O6. The largest absolute Gasteiger partial charge is 0.493 e. The zero-order valence-electron chi connectivity index (χ0n) is 18.9. The Balaban J connectivity index is 2.06. The van der Waals surface area contributed by atoms with Crippen LogP contribution in [0.1, 0.15) is 24.1 Å². The van der Waals surface area contributed by atoms with E-state index in [-0.39, 0.29) is 19.2 Å². The fourth-order valence-corrected chi connectivity index (χ4v) is 3.52. The maximum Gasteiger partial charge on any atom is 0.338 e. The number of nitrogens with one attached hydrogen (secondary N) is 1. The third kappa shape index (κ3) is 4.80. The van der Waals surface area contributed by atoms with Crippen molar-refractivity contribution in [1.82, 2.24) is 10.2 Å². The van der Waals surface area contributed by atoms with Crippen molar-refractivity contribution >= 4 is 12.0 Å². The summed E-state index contributed by atoms with van der Waals surface area (Å²) in [5, 5.41) is 2.87. The summed E-state index contributed by atoms with van der Waals surface area (Å²) in [5.41, 5.74) is 2.42. The number of methoxy groups -OCH3 is 2. The van der Waals surface area contributed by atoms with Crippen molar-refractivity contribution < 1.29 is 28.5 Å². The van der Waals surface area contributed by atoms with Crippen molar-refractivity contribution in [2.45, 2.75) is 19.9 Å². The quantitative estimate of drug-likeness (QED) is 0.631. The van der Waals surface area contributed by atoms with Gasteiger partial charge in [0.1, 0.15) is 12.4 Å². The highest BCUT2D eigenvalue weighted by molar-refractivity contribution is 5.95. The first-order valence-corrected chi connectivity index (χ1v) is 10.2. The molecule has 0 saturated carbocycles. The Labute approximate surface area is 187 Å². The van der Waals surface area contributed by atoms with Crippen LogP contribution in [0, 0.1) is 6.92 Å². The summed E-state index contributed by atoms with van der Waals surface area (Å²) in [6, 6.07) is 11.7. The van der Waals surface area contributed by atoms with Crippen molar-refractivity contribution in [2.24, 2.45) is 0 Å². The number of urea groups is 1. The van der Waals surface area contributed by atoms with E-state index in [4.69, 9.17) is 18.9 Å². The third-order valence-corrected chi connectivity index (χ3v) is 5.18. The molecule has 0 saturated heterocycles. The van der Waals surface area contributed by atoms with Crippen LogP contribution in [0.3, 0.4) is 0 Å². The first-order chi connectivity index (χ1) is 15.4. The molecule has 1 N–H and O–H groups in total. The Morgan fingerprint density at radius 2 is 1.84 bits per heavy atom. The minimum atomic E-state index is -0.742. The Kier molecular flexibility index (Phi) is 7.25. The highest BCUT2D eigenvalue weighted by atomic mass is 16.5. The van der Waals surface area contributed by atoms with E-state index in [2.05, 4.69) is 5.32 Å². The second-order valence-corrected chi connectivity index (χ2v) is 7.24. The van der Waals surface area contributed by atoms with Crippen molar-refractivity contribution in [1.29, 1.82) is 0 Å². The number of benzene rings is 2. The molecule has 170 valence electrons. The van der Waals surface area contributed by atoms with Gasteiger partial charge in [-0.15, -0.1) is 0 Å². The van der Waals surface area contributed by atoms with Gasteiger partial charge in [0.25, 0.3) is 0 Å². The molecule has 8 nitrogen and oxygen atoms in total. The summed E-state index contributed by atoms with van der Waals surface area (Å²) in [6.07, 6.45) is 0. The second-order valence-electron chi connectivity index (χ2n) is 7.24. The molecule has 1 heterocycles. The first kappa shape index (κ1) is 23.0. The zero-order valence-corrected chi connectivity index (χ0v) is 18.9. The maximum atomic E-state index is 13.0. The molecule has 2 aromatic carbocycles. The smallest absolute Gasteiger partial charge is 0.338 e. The summed E-state index contributed by atoms with van der Waals surface area (Å²) in [5.74, 6) is 1.14. The number of esters is 1. The van der Waals surface area contributed by atoms with Gasteiger partial charge in [0.2, 0.25) is 0 Å². The van der Waals surface area contributed by atoms with Crippen LogP contribution in [0.4, 0.5) is 4.79 Å². The summed E-state index contributed by atoms with van der Waals surface area (Å²) in [4.78, 5) is 27.2. The lowest BCUT2D eigenvalue weighted by Crippen LogP contribution is -2.48. The van der Waals surface area contributed by atoms with Crippen molar-refractivity contribution in [3.05, 3.63) is 64.9 Å². The summed E-state index contributed by atoms with van der Waals surface area (Å²) in [6.45, 7) is 3.91. The van der Waals surface area contributed by atoms with Crippen LogP contribution in [0.2, 0.25) is 0 Å². The van der Waals surface area contributed by atoms with E-state index in [9.17, 15) is 9.59 Å². The van der Waals surface area contributed by atoms with Gasteiger partial charge in [0, 0.05) is 7.05 Å². The molecule has 0 bridgehead atoms. The Morgan fingerprint density at radius 1 is 1.09 bits per heavy atom. The van der Waals surface area contributed by atoms with Gasteiger partial charge in [-0.05, 0) is 49.2 Å². The van der Waals surface area contributed by atoms with E-state index < -0.39 is 12.0 Å². The molecule has 0 radical (unpaired) electrons. The third-order valence-electron chi connectivity index (χ3n) is 5.18. The monoisotopic (exact) mass is 440 g/mol. The number of nitrogens with zero attached hydrogens (tertiary/aromatic N) is 1. The standard InChI is InChI=1S/C24H28N2O6/c1-6-31-23(27)21-18(14-32-17-9-7-8-15(2)12-17)26(3)24(28)25-22(21)16-10-11-19(29-4)20(13-16)30-5/h7-13,22H,6,14H2,1-5H3,(H,25,28)/t22-/m0/s1. The van der Waals surface area contributed by atoms with E-state index >= 15 is 0 Å². The number of amides is 2. The number of ether oxygens (including phenoxy) is 4. The molecule has 0 spiro atoms. The predicted octanol–water partition coefficient (Wildman–Crippen LogP) is 3.60. The molecule has 2 aromatic rings. The summed E-state index contributed by atoms with van der Waals surface area (Å²) >= 11 is 0. The van der Waals surface area contributed by atoms with Crippen LogP contribution < -0.4 is 19.5 Å². The Hall–Kier alpha value is -3.68. The van der Waals surface area contributed by atoms with Gasteiger partial charge in [-0.25, -0.2) is 9.59 Å². The molecule has 0 unspecified atom stereocenters. The van der Waals surface area contributed by atoms with Gasteiger partial charge in [-0.3, -0.25) is 4.90 Å². The minimum Gasteiger partial charge on any atom is -0.493 e. The van der Waals surface area contributed by atoms with E-state index in [1.54, 1.807) is 39.3 Å². The molecular weight excluding hydrogens is 412 g/mol. The summed E-state index contributed by atoms with van der Waals surface area (Å²) in [7, 11) is 4.66. The van der Waals surface area contributed by atoms with Crippen LogP contribution in [0.15, 0.2) is 53.7 Å². The fraction of sp³-hybridized carbons (Fsp3) is 0.333. The van der Waals surface area contributed by atoms with E-state index in [0.717, 1.165) is 5.56 Å². The van der Waals surface area contributed by atoms with Gasteiger partial charge >= 0.3 is 12.0 Å². The average molecular weight is 440 g/mol. The first-order valence-electron chi connectivity index (χ1n) is 10.2. The second kappa shape index (κ2) is 10.1. The lowest BCUT2D eigenvalue weighted by Gasteiger charge is -2.34. The number of aryl methyl sites for hydroxylation is 1. The molecule has 8 heteroatoms. The molecule has 2 amide bonds. The topological polar surface area (TPSA) is 86.3 Å². The Morgan fingerprint density at radius 3 is 2.50 bits per heavy atom. The lowest BCUT2D eigenvalue weighted by atomic mass is 9.94. The van der Waals surface area contributed by atoms with Crippen LogP contribution in [-0.2, 0) is 9.53 Å². The highest BCUT2D eigenvalue weighted by Gasteiger charge is 2.37. The highest BCUT2D eigenvalue weighted by Crippen LogP contribution is 2.36. The SMILES string of the molecule is CCOC(=O)C1=C(COc2cccc(C)c2)N(C)C(=O)N[C@H]1c1ccc(OC)c(OC)c1. The average Bonchev–Trinajstić information content (AvgIpc) is 2.79. The fourth-order valence-electron chi connectivity index (χ4n) is 3.52. The summed E-state index contributed by atoms with van der Waals surface area (Å²) < 4.78 is 22.0. The van der Waals surface area contributed by atoms with Gasteiger partial charge in [0.15, 0.2) is 11.5 Å². The molecule has 1 atom stereocenters. The molecule has 1 aliphatic rings. The van der Waals surface area contributed by atoms with E-state index in [1.165, 1.54) is 12.0 Å². The molecule has 32 heavy (non-hydrogen) atoms. The van der Waals surface area contributed by atoms with Crippen LogP contribution in [0.5, 0.6) is 17.2 Å². The minimum absolute atomic E-state index is 0.0192. The molecule has 1 aliphatic heterocycles. The zero-order chi connectivity index (χ0) is 23.3. The van der Waals surface area contributed by atoms with Gasteiger partial charge in [-0.1, -0.05) is 18.2 Å².